The smallest absolute Gasteiger partial charge is 0.102 e. The summed E-state index contributed by atoms with van der Waals surface area (Å²) in [7, 11) is 0. The fourth-order valence-corrected chi connectivity index (χ4v) is 2.08. The minimum Gasteiger partial charge on any atom is -0.320 e. The van der Waals surface area contributed by atoms with E-state index in [-0.39, 0.29) is 0 Å². The Morgan fingerprint density at radius 2 is 2.31 bits per heavy atom. The highest BCUT2D eigenvalue weighted by Crippen LogP contribution is 2.13. The number of rotatable bonds is 4. The number of hydrogen-bond acceptors (Lipinski definition) is 4. The summed E-state index contributed by atoms with van der Waals surface area (Å²) in [5.41, 5.74) is 6.36. The third-order valence-corrected chi connectivity index (χ3v) is 3.30. The molecule has 0 spiro atoms. The number of nitrogens with two attached hydrogens (primary N) is 1. The van der Waals surface area contributed by atoms with E-state index in [1.54, 1.807) is 11.3 Å². The molecule has 0 bridgehead atoms. The Bertz CT molecular complexity index is 439. The Labute approximate surface area is 99.1 Å². The maximum atomic E-state index is 5.95. The fourth-order valence-electron chi connectivity index (χ4n) is 1.38. The largest absolute Gasteiger partial charge is 0.320 e. The number of hydrogen-bond donors (Lipinski definition) is 1. The van der Waals surface area contributed by atoms with Crippen LogP contribution in [0.2, 0.25) is 0 Å². The van der Waals surface area contributed by atoms with Crippen LogP contribution < -0.4 is 5.73 Å². The van der Waals surface area contributed by atoms with Crippen molar-refractivity contribution < 1.29 is 0 Å². The maximum Gasteiger partial charge on any atom is 0.102 e. The molecular formula is C11H16N4S. The van der Waals surface area contributed by atoms with E-state index in [1.807, 2.05) is 24.7 Å². The predicted molar refractivity (Wildman–Crippen MR) is 65.3 cm³/mol. The number of thiophene rings is 1. The van der Waals surface area contributed by atoms with Gasteiger partial charge in [-0.1, -0.05) is 11.3 Å². The van der Waals surface area contributed by atoms with Gasteiger partial charge in [0.05, 0.1) is 11.7 Å². The summed E-state index contributed by atoms with van der Waals surface area (Å²) in [6.07, 6.45) is 2.92. The van der Waals surface area contributed by atoms with Crippen molar-refractivity contribution in [3.63, 3.8) is 0 Å². The van der Waals surface area contributed by atoms with Gasteiger partial charge >= 0.3 is 0 Å². The van der Waals surface area contributed by atoms with Gasteiger partial charge in [-0.2, -0.15) is 0 Å². The van der Waals surface area contributed by atoms with Gasteiger partial charge in [0.1, 0.15) is 5.69 Å². The Hall–Kier alpha value is -1.20. The van der Waals surface area contributed by atoms with Crippen LogP contribution in [-0.2, 0) is 18.5 Å². The van der Waals surface area contributed by atoms with E-state index in [9.17, 15) is 0 Å². The van der Waals surface area contributed by atoms with E-state index >= 15 is 0 Å². The van der Waals surface area contributed by atoms with Crippen molar-refractivity contribution in [3.8, 4) is 0 Å². The van der Waals surface area contributed by atoms with Crippen LogP contribution in [0.5, 0.6) is 0 Å². The molecule has 0 fully saturated rings. The lowest BCUT2D eigenvalue weighted by atomic mass is 10.0. The molecule has 0 amide bonds. The van der Waals surface area contributed by atoms with Crippen LogP contribution >= 0.6 is 11.3 Å². The van der Waals surface area contributed by atoms with Gasteiger partial charge in [-0.25, -0.2) is 0 Å². The summed E-state index contributed by atoms with van der Waals surface area (Å²) in [6.45, 7) is 4.71. The van der Waals surface area contributed by atoms with Crippen molar-refractivity contribution in [2.45, 2.75) is 32.4 Å². The molecule has 0 atom stereocenters. The molecule has 5 heteroatoms. The molecule has 0 aromatic carbocycles. The van der Waals surface area contributed by atoms with Crippen LogP contribution in [0.15, 0.2) is 23.7 Å². The molecule has 0 unspecified atom stereocenters. The first-order valence-corrected chi connectivity index (χ1v) is 6.15. The third kappa shape index (κ3) is 2.68. The first kappa shape index (κ1) is 11.3. The molecule has 0 saturated heterocycles. The molecule has 0 radical (unpaired) electrons. The van der Waals surface area contributed by atoms with Gasteiger partial charge in [-0.3, -0.25) is 4.68 Å². The molecule has 4 nitrogen and oxygen atoms in total. The lowest BCUT2D eigenvalue weighted by Gasteiger charge is -2.13. The molecule has 2 N–H and O–H groups in total. The minimum atomic E-state index is -0.415. The van der Waals surface area contributed by atoms with Gasteiger partial charge in [0, 0.05) is 17.8 Å². The molecule has 0 aliphatic heterocycles. The molecule has 86 valence electrons. The van der Waals surface area contributed by atoms with E-state index in [4.69, 9.17) is 5.73 Å². The van der Waals surface area contributed by atoms with E-state index in [0.29, 0.717) is 0 Å². The zero-order valence-corrected chi connectivity index (χ0v) is 10.4. The van der Waals surface area contributed by atoms with Crippen molar-refractivity contribution >= 4 is 11.3 Å². The molecule has 0 aliphatic carbocycles. The number of aromatic nitrogens is 3. The Morgan fingerprint density at radius 1 is 1.50 bits per heavy atom. The summed E-state index contributed by atoms with van der Waals surface area (Å²) in [5.74, 6) is 0. The Balaban J connectivity index is 1.98. The SMILES string of the molecule is CC(C)(N)c1cn(CCc2cccs2)nn1. The van der Waals surface area contributed by atoms with Crippen molar-refractivity contribution in [2.75, 3.05) is 0 Å². The van der Waals surface area contributed by atoms with Crippen LogP contribution in [0, 0.1) is 0 Å². The molecule has 0 saturated carbocycles. The minimum absolute atomic E-state index is 0.415. The monoisotopic (exact) mass is 236 g/mol. The maximum absolute atomic E-state index is 5.95. The summed E-state index contributed by atoms with van der Waals surface area (Å²) in [4.78, 5) is 1.36. The average Bonchev–Trinajstić information content (AvgIpc) is 2.85. The first-order valence-electron chi connectivity index (χ1n) is 5.27. The van der Waals surface area contributed by atoms with Gasteiger partial charge in [0.2, 0.25) is 0 Å². The van der Waals surface area contributed by atoms with Crippen molar-refractivity contribution in [2.24, 2.45) is 5.73 Å². The van der Waals surface area contributed by atoms with Gasteiger partial charge in [0.25, 0.3) is 0 Å². The summed E-state index contributed by atoms with van der Waals surface area (Å²) >= 11 is 1.77. The fraction of sp³-hybridized carbons (Fsp3) is 0.455. The van der Waals surface area contributed by atoms with E-state index in [1.165, 1.54) is 4.88 Å². The molecule has 2 heterocycles. The van der Waals surface area contributed by atoms with Gasteiger partial charge in [0.15, 0.2) is 0 Å². The van der Waals surface area contributed by atoms with Crippen LogP contribution in [0.4, 0.5) is 0 Å². The molecule has 0 aliphatic rings. The lowest BCUT2D eigenvalue weighted by molar-refractivity contribution is 0.533. The molecule has 16 heavy (non-hydrogen) atoms. The Morgan fingerprint density at radius 3 is 2.88 bits per heavy atom. The first-order chi connectivity index (χ1) is 7.55. The van der Waals surface area contributed by atoms with Crippen molar-refractivity contribution in [1.29, 1.82) is 0 Å². The zero-order chi connectivity index (χ0) is 11.6. The van der Waals surface area contributed by atoms with E-state index in [2.05, 4.69) is 27.8 Å². The van der Waals surface area contributed by atoms with Crippen LogP contribution in [0.3, 0.4) is 0 Å². The highest BCUT2D eigenvalue weighted by Gasteiger charge is 2.17. The summed E-state index contributed by atoms with van der Waals surface area (Å²) in [5, 5.41) is 10.2. The van der Waals surface area contributed by atoms with Crippen molar-refractivity contribution in [1.82, 2.24) is 15.0 Å². The van der Waals surface area contributed by atoms with E-state index < -0.39 is 5.54 Å². The second kappa shape index (κ2) is 4.35. The average molecular weight is 236 g/mol. The molecule has 2 rings (SSSR count). The summed E-state index contributed by atoms with van der Waals surface area (Å²) < 4.78 is 1.85. The molecule has 2 aromatic rings. The van der Waals surface area contributed by atoms with Gasteiger partial charge < -0.3 is 5.73 Å². The highest BCUT2D eigenvalue weighted by molar-refractivity contribution is 7.09. The second-order valence-electron chi connectivity index (χ2n) is 4.42. The topological polar surface area (TPSA) is 56.7 Å². The standard InChI is InChI=1S/C11H16N4S/c1-11(2,12)10-8-15(14-13-10)6-5-9-4-3-7-16-9/h3-4,7-8H,5-6,12H2,1-2H3. The van der Waals surface area contributed by atoms with E-state index in [0.717, 1.165) is 18.7 Å². The quantitative estimate of drug-likeness (QED) is 0.880. The van der Waals surface area contributed by atoms with Gasteiger partial charge in [-0.05, 0) is 25.3 Å². The highest BCUT2D eigenvalue weighted by atomic mass is 32.1. The third-order valence-electron chi connectivity index (χ3n) is 2.37. The second-order valence-corrected chi connectivity index (χ2v) is 5.45. The van der Waals surface area contributed by atoms with Crippen LogP contribution in [0.25, 0.3) is 0 Å². The summed E-state index contributed by atoms with van der Waals surface area (Å²) in [6, 6.07) is 4.20. The van der Waals surface area contributed by atoms with Gasteiger partial charge in [-0.15, -0.1) is 16.4 Å². The van der Waals surface area contributed by atoms with Crippen LogP contribution in [0.1, 0.15) is 24.4 Å². The molecule has 2 aromatic heterocycles. The Kier molecular flexibility index (Phi) is 3.07. The zero-order valence-electron chi connectivity index (χ0n) is 9.55. The predicted octanol–water partition coefficient (Wildman–Crippen LogP) is 1.78. The number of nitrogens with zero attached hydrogens (tertiary/aromatic N) is 3. The van der Waals surface area contributed by atoms with Crippen LogP contribution in [-0.4, -0.2) is 15.0 Å². The van der Waals surface area contributed by atoms with Crippen molar-refractivity contribution in [3.05, 3.63) is 34.3 Å². The lowest BCUT2D eigenvalue weighted by Crippen LogP contribution is -2.29. The molecular weight excluding hydrogens is 220 g/mol. The normalized spacial score (nSPS) is 11.9. The number of aryl methyl sites for hydroxylation is 2.